The van der Waals surface area contributed by atoms with Gasteiger partial charge in [-0.05, 0) is 31.0 Å². The highest BCUT2D eigenvalue weighted by molar-refractivity contribution is 5.50. The zero-order chi connectivity index (χ0) is 13.1. The van der Waals surface area contributed by atoms with Crippen molar-refractivity contribution in [3.63, 3.8) is 0 Å². The van der Waals surface area contributed by atoms with E-state index in [-0.39, 0.29) is 0 Å². The molecule has 0 saturated carbocycles. The standard InChI is InChI=1S/C17H26O/c1-3-5-6-7-8-9-15-18-17-13-11-16(10-4-2)12-14-17/h4,10-14H,3,5-9,15H2,1-2H3/b10-4+. The van der Waals surface area contributed by atoms with E-state index in [1.165, 1.54) is 44.1 Å². The molecule has 1 aromatic carbocycles. The Bertz CT molecular complexity index is 324. The first kappa shape index (κ1) is 14.8. The summed E-state index contributed by atoms with van der Waals surface area (Å²) in [7, 11) is 0. The van der Waals surface area contributed by atoms with E-state index in [0.717, 1.165) is 12.4 Å². The number of benzene rings is 1. The summed E-state index contributed by atoms with van der Waals surface area (Å²) in [4.78, 5) is 0. The van der Waals surface area contributed by atoms with Crippen LogP contribution in [0, 0.1) is 0 Å². The molecule has 0 spiro atoms. The predicted octanol–water partition coefficient (Wildman–Crippen LogP) is 5.46. The molecular formula is C17H26O. The molecule has 1 rings (SSSR count). The van der Waals surface area contributed by atoms with Crippen molar-refractivity contribution in [2.45, 2.75) is 52.4 Å². The maximum absolute atomic E-state index is 5.72. The Morgan fingerprint density at radius 1 is 0.944 bits per heavy atom. The van der Waals surface area contributed by atoms with Crippen LogP contribution in [0.4, 0.5) is 0 Å². The second-order valence-corrected chi connectivity index (χ2v) is 4.69. The number of unbranched alkanes of at least 4 members (excludes halogenated alkanes) is 5. The van der Waals surface area contributed by atoms with Crippen LogP contribution in [0.3, 0.4) is 0 Å². The van der Waals surface area contributed by atoms with Crippen LogP contribution in [0.1, 0.15) is 57.9 Å². The molecule has 1 aromatic rings. The number of hydrogen-bond acceptors (Lipinski definition) is 1. The van der Waals surface area contributed by atoms with Crippen LogP contribution >= 0.6 is 0 Å². The largest absolute Gasteiger partial charge is 0.494 e. The first-order valence-corrected chi connectivity index (χ1v) is 7.22. The quantitative estimate of drug-likeness (QED) is 0.526. The molecule has 0 N–H and O–H groups in total. The molecule has 0 aliphatic rings. The zero-order valence-electron chi connectivity index (χ0n) is 11.8. The lowest BCUT2D eigenvalue weighted by Gasteiger charge is -2.06. The molecule has 0 amide bonds. The van der Waals surface area contributed by atoms with Gasteiger partial charge in [-0.2, -0.15) is 0 Å². The summed E-state index contributed by atoms with van der Waals surface area (Å²) in [5.41, 5.74) is 1.23. The summed E-state index contributed by atoms with van der Waals surface area (Å²) in [6, 6.07) is 8.28. The third kappa shape index (κ3) is 6.48. The molecule has 0 atom stereocenters. The number of hydrogen-bond donors (Lipinski definition) is 0. The summed E-state index contributed by atoms with van der Waals surface area (Å²) in [5, 5.41) is 0. The summed E-state index contributed by atoms with van der Waals surface area (Å²) in [5.74, 6) is 0.983. The van der Waals surface area contributed by atoms with Gasteiger partial charge in [-0.25, -0.2) is 0 Å². The molecule has 0 aliphatic heterocycles. The van der Waals surface area contributed by atoms with E-state index in [1.54, 1.807) is 0 Å². The van der Waals surface area contributed by atoms with Crippen molar-refractivity contribution in [3.05, 3.63) is 35.9 Å². The van der Waals surface area contributed by atoms with Crippen LogP contribution in [0.25, 0.3) is 6.08 Å². The fourth-order valence-corrected chi connectivity index (χ4v) is 1.94. The van der Waals surface area contributed by atoms with Gasteiger partial charge >= 0.3 is 0 Å². The van der Waals surface area contributed by atoms with Crippen LogP contribution in [0.15, 0.2) is 30.3 Å². The van der Waals surface area contributed by atoms with Gasteiger partial charge in [0.15, 0.2) is 0 Å². The minimum atomic E-state index is 0.842. The molecule has 0 unspecified atom stereocenters. The summed E-state index contributed by atoms with van der Waals surface area (Å²) < 4.78 is 5.72. The van der Waals surface area contributed by atoms with E-state index >= 15 is 0 Å². The maximum Gasteiger partial charge on any atom is 0.119 e. The smallest absolute Gasteiger partial charge is 0.119 e. The average molecular weight is 246 g/mol. The second kappa shape index (κ2) is 9.76. The number of rotatable bonds is 9. The van der Waals surface area contributed by atoms with Crippen LogP contribution < -0.4 is 4.74 Å². The Kier molecular flexibility index (Phi) is 8.03. The van der Waals surface area contributed by atoms with Gasteiger partial charge in [-0.15, -0.1) is 0 Å². The van der Waals surface area contributed by atoms with Crippen molar-refractivity contribution >= 4 is 6.08 Å². The highest BCUT2D eigenvalue weighted by Crippen LogP contribution is 2.14. The Morgan fingerprint density at radius 2 is 1.61 bits per heavy atom. The van der Waals surface area contributed by atoms with Crippen LogP contribution in [0.2, 0.25) is 0 Å². The molecule has 0 fully saturated rings. The normalized spacial score (nSPS) is 11.0. The van der Waals surface area contributed by atoms with Crippen molar-refractivity contribution in [2.24, 2.45) is 0 Å². The molecular weight excluding hydrogens is 220 g/mol. The molecule has 100 valence electrons. The van der Waals surface area contributed by atoms with Crippen molar-refractivity contribution < 1.29 is 4.74 Å². The third-order valence-electron chi connectivity index (χ3n) is 3.01. The first-order chi connectivity index (χ1) is 8.86. The molecule has 0 aliphatic carbocycles. The lowest BCUT2D eigenvalue weighted by Crippen LogP contribution is -1.97. The van der Waals surface area contributed by atoms with E-state index in [9.17, 15) is 0 Å². The summed E-state index contributed by atoms with van der Waals surface area (Å²) in [6.45, 7) is 5.12. The Balaban J connectivity index is 2.11. The second-order valence-electron chi connectivity index (χ2n) is 4.69. The molecule has 1 heteroatoms. The van der Waals surface area contributed by atoms with Gasteiger partial charge in [0.25, 0.3) is 0 Å². The highest BCUT2D eigenvalue weighted by Gasteiger charge is 1.94. The van der Waals surface area contributed by atoms with Crippen LogP contribution in [-0.2, 0) is 0 Å². The zero-order valence-corrected chi connectivity index (χ0v) is 11.8. The maximum atomic E-state index is 5.72. The molecule has 18 heavy (non-hydrogen) atoms. The number of allylic oxidation sites excluding steroid dienone is 1. The average Bonchev–Trinajstić information content (AvgIpc) is 2.40. The van der Waals surface area contributed by atoms with Gasteiger partial charge in [0.1, 0.15) is 5.75 Å². The van der Waals surface area contributed by atoms with Crippen molar-refractivity contribution in [1.29, 1.82) is 0 Å². The molecule has 0 radical (unpaired) electrons. The Morgan fingerprint density at radius 3 is 2.28 bits per heavy atom. The SMILES string of the molecule is C/C=C/c1ccc(OCCCCCCCC)cc1. The molecule has 1 nitrogen and oxygen atoms in total. The monoisotopic (exact) mass is 246 g/mol. The Hall–Kier alpha value is -1.24. The van der Waals surface area contributed by atoms with Gasteiger partial charge in [0.05, 0.1) is 6.61 Å². The van der Waals surface area contributed by atoms with Crippen molar-refractivity contribution in [3.8, 4) is 5.75 Å². The van der Waals surface area contributed by atoms with Crippen molar-refractivity contribution in [2.75, 3.05) is 6.61 Å². The lowest BCUT2D eigenvalue weighted by molar-refractivity contribution is 0.304. The van der Waals surface area contributed by atoms with Crippen LogP contribution in [-0.4, -0.2) is 6.61 Å². The fourth-order valence-electron chi connectivity index (χ4n) is 1.94. The van der Waals surface area contributed by atoms with Crippen LogP contribution in [0.5, 0.6) is 5.75 Å². The minimum Gasteiger partial charge on any atom is -0.494 e. The van der Waals surface area contributed by atoms with E-state index in [1.807, 2.05) is 25.1 Å². The van der Waals surface area contributed by atoms with Gasteiger partial charge in [0.2, 0.25) is 0 Å². The van der Waals surface area contributed by atoms with E-state index in [4.69, 9.17) is 4.74 Å². The molecule has 0 bridgehead atoms. The van der Waals surface area contributed by atoms with E-state index < -0.39 is 0 Å². The molecule has 0 heterocycles. The summed E-state index contributed by atoms with van der Waals surface area (Å²) >= 11 is 0. The van der Waals surface area contributed by atoms with E-state index in [2.05, 4.69) is 25.1 Å². The Labute approximate surface area is 112 Å². The lowest BCUT2D eigenvalue weighted by atomic mass is 10.1. The first-order valence-electron chi connectivity index (χ1n) is 7.22. The van der Waals surface area contributed by atoms with Gasteiger partial charge in [0, 0.05) is 0 Å². The highest BCUT2D eigenvalue weighted by atomic mass is 16.5. The molecule has 0 aromatic heterocycles. The summed E-state index contributed by atoms with van der Waals surface area (Å²) in [6.07, 6.45) is 12.0. The molecule has 0 saturated heterocycles. The predicted molar refractivity (Wildman–Crippen MR) is 80.0 cm³/mol. The number of ether oxygens (including phenoxy) is 1. The third-order valence-corrected chi connectivity index (χ3v) is 3.01. The van der Waals surface area contributed by atoms with Crippen molar-refractivity contribution in [1.82, 2.24) is 0 Å². The van der Waals surface area contributed by atoms with E-state index in [0.29, 0.717) is 0 Å². The fraction of sp³-hybridized carbons (Fsp3) is 0.529. The minimum absolute atomic E-state index is 0.842. The van der Waals surface area contributed by atoms with Gasteiger partial charge < -0.3 is 4.74 Å². The van der Waals surface area contributed by atoms with Gasteiger partial charge in [-0.1, -0.05) is 63.3 Å². The van der Waals surface area contributed by atoms with Gasteiger partial charge in [-0.3, -0.25) is 0 Å². The topological polar surface area (TPSA) is 9.23 Å².